The molecule has 0 unspecified atom stereocenters. The van der Waals surface area contributed by atoms with Gasteiger partial charge in [0.05, 0.1) is 18.3 Å². The highest BCUT2D eigenvalue weighted by atomic mass is 19.1. The highest BCUT2D eigenvalue weighted by Crippen LogP contribution is 2.45. The van der Waals surface area contributed by atoms with Gasteiger partial charge in [-0.1, -0.05) is 6.07 Å². The van der Waals surface area contributed by atoms with Crippen LogP contribution in [0.2, 0.25) is 0 Å². The lowest BCUT2D eigenvalue weighted by molar-refractivity contribution is -0.126. The van der Waals surface area contributed by atoms with Gasteiger partial charge in [0.15, 0.2) is 0 Å². The predicted octanol–water partition coefficient (Wildman–Crippen LogP) is 3.52. The number of ether oxygens (including phenoxy) is 2. The Morgan fingerprint density at radius 1 is 1.13 bits per heavy atom. The van der Waals surface area contributed by atoms with Crippen molar-refractivity contribution in [2.75, 3.05) is 26.7 Å². The number of carbonyl (C=O) groups excluding carboxylic acids is 3. The smallest absolute Gasteiger partial charge is 0.251 e. The number of amides is 3. The molecule has 1 aliphatic heterocycles. The minimum atomic E-state index is -1.70. The summed E-state index contributed by atoms with van der Waals surface area (Å²) in [7, 11) is 1.52. The molecule has 244 valence electrons. The van der Waals surface area contributed by atoms with Crippen LogP contribution >= 0.6 is 0 Å². The van der Waals surface area contributed by atoms with Crippen LogP contribution in [0.1, 0.15) is 54.7 Å². The number of pyridine rings is 2. The van der Waals surface area contributed by atoms with E-state index in [1.165, 1.54) is 38.2 Å². The molecule has 3 heterocycles. The van der Waals surface area contributed by atoms with Crippen LogP contribution in [0.25, 0.3) is 22.2 Å². The fraction of sp³-hybridized carbons (Fsp3) is 0.343. The SMILES string of the molecule is CNC(=O)CCNC(=O)[C@@]1(C)COc2c1cc([C@@](C)(O)CNC(=O)c1cc(OC3CC3)c3ncccc3c1)nc2-c1ccc(F)cc1. The van der Waals surface area contributed by atoms with Crippen LogP contribution in [0, 0.1) is 5.82 Å². The zero-order valence-electron chi connectivity index (χ0n) is 26.4. The summed E-state index contributed by atoms with van der Waals surface area (Å²) in [6, 6.07) is 14.3. The highest BCUT2D eigenvalue weighted by molar-refractivity contribution is 6.00. The topological polar surface area (TPSA) is 152 Å². The predicted molar refractivity (Wildman–Crippen MR) is 171 cm³/mol. The third kappa shape index (κ3) is 6.59. The molecule has 0 radical (unpaired) electrons. The number of carbonyl (C=O) groups is 3. The number of benzene rings is 2. The van der Waals surface area contributed by atoms with E-state index in [-0.39, 0.29) is 49.7 Å². The molecule has 6 rings (SSSR count). The van der Waals surface area contributed by atoms with Gasteiger partial charge in [-0.25, -0.2) is 9.37 Å². The van der Waals surface area contributed by atoms with E-state index in [0.717, 1.165) is 18.2 Å². The number of rotatable bonds is 11. The number of hydrogen-bond donors (Lipinski definition) is 4. The summed E-state index contributed by atoms with van der Waals surface area (Å²) in [5.41, 5.74) is -0.412. The molecular formula is C35H36FN5O6. The number of fused-ring (bicyclic) bond motifs is 2. The van der Waals surface area contributed by atoms with E-state index >= 15 is 0 Å². The van der Waals surface area contributed by atoms with Crippen molar-refractivity contribution in [3.05, 3.63) is 83.4 Å². The molecule has 0 bridgehead atoms. The third-order valence-corrected chi connectivity index (χ3v) is 8.50. The van der Waals surface area contributed by atoms with Gasteiger partial charge < -0.3 is 30.5 Å². The van der Waals surface area contributed by atoms with Crippen molar-refractivity contribution in [1.82, 2.24) is 25.9 Å². The zero-order valence-corrected chi connectivity index (χ0v) is 26.4. The average molecular weight is 642 g/mol. The molecule has 1 saturated carbocycles. The summed E-state index contributed by atoms with van der Waals surface area (Å²) in [5.74, 6) is -0.594. The molecule has 3 amide bonds. The molecule has 0 spiro atoms. The fourth-order valence-corrected chi connectivity index (χ4v) is 5.45. The second-order valence-electron chi connectivity index (χ2n) is 12.4. The van der Waals surface area contributed by atoms with Crippen LogP contribution in [0.4, 0.5) is 4.39 Å². The minimum Gasteiger partial charge on any atom is -0.489 e. The first-order valence-corrected chi connectivity index (χ1v) is 15.5. The first-order valence-electron chi connectivity index (χ1n) is 15.5. The van der Waals surface area contributed by atoms with Crippen LogP contribution in [-0.2, 0) is 20.6 Å². The number of halogens is 1. The second-order valence-corrected chi connectivity index (χ2v) is 12.4. The molecular weight excluding hydrogens is 605 g/mol. The van der Waals surface area contributed by atoms with E-state index in [9.17, 15) is 23.9 Å². The summed E-state index contributed by atoms with van der Waals surface area (Å²) < 4.78 is 25.9. The maximum atomic E-state index is 13.8. The standard InChI is InChI=1S/C35H36FN5O6/c1-34(33(44)39-14-12-28(42)37-3)19-46-31-25(34)17-27(41-30(31)20-6-8-23(36)9-7-20)35(2,45)18-40-32(43)22-15-21-5-4-13-38-29(21)26(16-22)47-24-10-11-24/h4-9,13,15-17,24,45H,10-12,14,18-19H2,1-3H3,(H,37,42)(H,39,44)(H,40,43)/t34-,35-/m0/s1. The largest absolute Gasteiger partial charge is 0.489 e. The molecule has 4 N–H and O–H groups in total. The number of aromatic nitrogens is 2. The van der Waals surface area contributed by atoms with Crippen LogP contribution in [-0.4, -0.2) is 65.6 Å². The lowest BCUT2D eigenvalue weighted by Crippen LogP contribution is -2.45. The molecule has 12 heteroatoms. The Balaban J connectivity index is 1.30. The van der Waals surface area contributed by atoms with Crippen molar-refractivity contribution in [3.63, 3.8) is 0 Å². The zero-order chi connectivity index (χ0) is 33.3. The lowest BCUT2D eigenvalue weighted by Gasteiger charge is -2.27. The summed E-state index contributed by atoms with van der Waals surface area (Å²) in [6.45, 7) is 3.10. The first-order chi connectivity index (χ1) is 22.5. The van der Waals surface area contributed by atoms with Gasteiger partial charge in [0.25, 0.3) is 5.91 Å². The van der Waals surface area contributed by atoms with E-state index in [1.807, 2.05) is 6.07 Å². The Morgan fingerprint density at radius 3 is 2.62 bits per heavy atom. The van der Waals surface area contributed by atoms with E-state index in [1.54, 1.807) is 37.4 Å². The van der Waals surface area contributed by atoms with E-state index in [0.29, 0.717) is 39.4 Å². The van der Waals surface area contributed by atoms with Crippen molar-refractivity contribution >= 4 is 28.6 Å². The summed E-state index contributed by atoms with van der Waals surface area (Å²) in [6.07, 6.45) is 3.78. The van der Waals surface area contributed by atoms with Gasteiger partial charge in [-0.2, -0.15) is 0 Å². The van der Waals surface area contributed by atoms with Gasteiger partial charge in [0.1, 0.15) is 46.1 Å². The lowest BCUT2D eigenvalue weighted by atomic mass is 9.81. The van der Waals surface area contributed by atoms with Crippen LogP contribution in [0.15, 0.2) is 60.8 Å². The van der Waals surface area contributed by atoms with Crippen molar-refractivity contribution < 1.29 is 33.4 Å². The average Bonchev–Trinajstić information content (AvgIpc) is 3.83. The molecule has 1 fully saturated rings. The van der Waals surface area contributed by atoms with Crippen LogP contribution < -0.4 is 25.4 Å². The Hall–Kier alpha value is -5.10. The van der Waals surface area contributed by atoms with Crippen molar-refractivity contribution in [3.8, 4) is 22.8 Å². The number of nitrogens with zero attached hydrogens (tertiary/aromatic N) is 2. The summed E-state index contributed by atoms with van der Waals surface area (Å²) in [5, 5.41) is 20.7. The first kappa shape index (κ1) is 31.9. The molecule has 1 aliphatic carbocycles. The summed E-state index contributed by atoms with van der Waals surface area (Å²) in [4.78, 5) is 47.8. The van der Waals surface area contributed by atoms with E-state index < -0.39 is 22.7 Å². The highest BCUT2D eigenvalue weighted by Gasteiger charge is 2.46. The van der Waals surface area contributed by atoms with Crippen LogP contribution in [0.5, 0.6) is 11.5 Å². The monoisotopic (exact) mass is 641 g/mol. The second kappa shape index (κ2) is 12.6. The van der Waals surface area contributed by atoms with Crippen molar-refractivity contribution in [2.45, 2.75) is 50.2 Å². The molecule has 11 nitrogen and oxygen atoms in total. The number of hydrogen-bond acceptors (Lipinski definition) is 8. The molecule has 2 aliphatic rings. The normalized spacial score (nSPS) is 18.1. The Kier molecular flexibility index (Phi) is 8.54. The third-order valence-electron chi connectivity index (χ3n) is 8.50. The maximum absolute atomic E-state index is 13.8. The number of nitrogens with one attached hydrogen (secondary N) is 3. The van der Waals surface area contributed by atoms with Gasteiger partial charge >= 0.3 is 0 Å². The van der Waals surface area contributed by atoms with Gasteiger partial charge in [-0.3, -0.25) is 19.4 Å². The molecule has 2 aromatic heterocycles. The van der Waals surface area contributed by atoms with E-state index in [2.05, 4.69) is 20.9 Å². The van der Waals surface area contributed by atoms with Crippen molar-refractivity contribution in [1.29, 1.82) is 0 Å². The number of aliphatic hydroxyl groups is 1. The van der Waals surface area contributed by atoms with Gasteiger partial charge in [-0.15, -0.1) is 0 Å². The molecule has 0 saturated heterocycles. The maximum Gasteiger partial charge on any atom is 0.251 e. The summed E-state index contributed by atoms with van der Waals surface area (Å²) >= 11 is 0. The van der Waals surface area contributed by atoms with Crippen LogP contribution in [0.3, 0.4) is 0 Å². The molecule has 47 heavy (non-hydrogen) atoms. The van der Waals surface area contributed by atoms with Gasteiger partial charge in [-0.05, 0) is 75.2 Å². The molecule has 4 aromatic rings. The quantitative estimate of drug-likeness (QED) is 0.194. The Morgan fingerprint density at radius 2 is 1.89 bits per heavy atom. The Labute approximate surface area is 270 Å². The van der Waals surface area contributed by atoms with Gasteiger partial charge in [0.2, 0.25) is 11.8 Å². The minimum absolute atomic E-state index is 0.0194. The molecule has 2 aromatic carbocycles. The fourth-order valence-electron chi connectivity index (χ4n) is 5.45. The van der Waals surface area contributed by atoms with E-state index in [4.69, 9.17) is 14.5 Å². The van der Waals surface area contributed by atoms with Gasteiger partial charge in [0, 0.05) is 48.3 Å². The van der Waals surface area contributed by atoms with Crippen molar-refractivity contribution in [2.24, 2.45) is 0 Å². The molecule has 2 atom stereocenters. The Bertz CT molecular complexity index is 1860.